The highest BCUT2D eigenvalue weighted by Gasteiger charge is 2.30. The van der Waals surface area contributed by atoms with Crippen molar-refractivity contribution in [2.75, 3.05) is 11.9 Å². The first-order chi connectivity index (χ1) is 12.1. The first-order valence-electron chi connectivity index (χ1n) is 8.12. The molecule has 3 N–H and O–H groups in total. The Morgan fingerprint density at radius 2 is 2.12 bits per heavy atom. The number of rotatable bonds is 2. The summed E-state index contributed by atoms with van der Waals surface area (Å²) in [4.78, 5) is 33.4. The lowest BCUT2D eigenvalue weighted by Gasteiger charge is -2.18. The Bertz CT molecular complexity index is 869. The number of hydrogen-bond donors (Lipinski definition) is 3. The average molecular weight is 361 g/mol. The second kappa shape index (κ2) is 6.45. The topological polar surface area (TPSA) is 101 Å². The summed E-state index contributed by atoms with van der Waals surface area (Å²) in [6, 6.07) is 3.49. The lowest BCUT2D eigenvalue weighted by Crippen LogP contribution is -2.38. The predicted octanol–water partition coefficient (Wildman–Crippen LogP) is 0.899. The van der Waals surface area contributed by atoms with Crippen molar-refractivity contribution in [3.63, 3.8) is 0 Å². The Balaban J connectivity index is 1.79. The molecule has 2 aliphatic heterocycles. The molecule has 25 heavy (non-hydrogen) atoms. The maximum absolute atomic E-state index is 13.0. The van der Waals surface area contributed by atoms with Crippen molar-refractivity contribution < 1.29 is 4.79 Å². The Labute approximate surface area is 148 Å². The van der Waals surface area contributed by atoms with Gasteiger partial charge in [0.05, 0.1) is 5.02 Å². The molecular formula is C16H17ClN6O2. The van der Waals surface area contributed by atoms with Crippen molar-refractivity contribution >= 4 is 29.0 Å². The van der Waals surface area contributed by atoms with Gasteiger partial charge < -0.3 is 16.0 Å². The van der Waals surface area contributed by atoms with Crippen LogP contribution in [0, 0.1) is 0 Å². The van der Waals surface area contributed by atoms with E-state index in [0.717, 1.165) is 12.8 Å². The maximum Gasteiger partial charge on any atom is 0.275 e. The molecule has 2 unspecified atom stereocenters. The first-order valence-corrected chi connectivity index (χ1v) is 8.50. The summed E-state index contributed by atoms with van der Waals surface area (Å²) in [7, 11) is 0. The van der Waals surface area contributed by atoms with Crippen LogP contribution in [0.2, 0.25) is 5.02 Å². The van der Waals surface area contributed by atoms with Crippen LogP contribution in [0.25, 0.3) is 0 Å². The van der Waals surface area contributed by atoms with Gasteiger partial charge in [0.1, 0.15) is 23.5 Å². The van der Waals surface area contributed by atoms with E-state index in [1.807, 2.05) is 0 Å². The molecule has 0 saturated carbocycles. The maximum atomic E-state index is 13.0. The number of fused-ring (bicyclic) bond motifs is 3. The molecule has 1 fully saturated rings. The van der Waals surface area contributed by atoms with Crippen molar-refractivity contribution in [1.82, 2.24) is 25.2 Å². The van der Waals surface area contributed by atoms with Crippen LogP contribution in [0.5, 0.6) is 0 Å². The molecule has 2 aromatic heterocycles. The zero-order valence-electron chi connectivity index (χ0n) is 13.3. The highest BCUT2D eigenvalue weighted by molar-refractivity contribution is 6.33. The molecule has 8 nitrogen and oxygen atoms in total. The van der Waals surface area contributed by atoms with Crippen molar-refractivity contribution in [2.24, 2.45) is 0 Å². The van der Waals surface area contributed by atoms with E-state index in [2.05, 4.69) is 25.9 Å². The first kappa shape index (κ1) is 16.0. The van der Waals surface area contributed by atoms with Gasteiger partial charge in [0.2, 0.25) is 0 Å². The molecule has 0 aliphatic carbocycles. The number of halogens is 1. The summed E-state index contributed by atoms with van der Waals surface area (Å²) >= 11 is 6.35. The second-order valence-corrected chi connectivity index (χ2v) is 6.65. The van der Waals surface area contributed by atoms with E-state index in [4.69, 9.17) is 11.6 Å². The number of aromatic nitrogens is 3. The van der Waals surface area contributed by atoms with Gasteiger partial charge in [-0.25, -0.2) is 9.97 Å². The van der Waals surface area contributed by atoms with Gasteiger partial charge in [-0.3, -0.25) is 14.2 Å². The predicted molar refractivity (Wildman–Crippen MR) is 93.3 cm³/mol. The number of pyridine rings is 1. The van der Waals surface area contributed by atoms with Crippen LogP contribution in [0.3, 0.4) is 0 Å². The lowest BCUT2D eigenvalue weighted by atomic mass is 10.1. The van der Waals surface area contributed by atoms with Crippen molar-refractivity contribution in [1.29, 1.82) is 0 Å². The molecule has 1 amide bonds. The molecule has 4 heterocycles. The summed E-state index contributed by atoms with van der Waals surface area (Å²) in [5, 5.41) is 9.49. The second-order valence-electron chi connectivity index (χ2n) is 6.24. The Morgan fingerprint density at radius 1 is 1.28 bits per heavy atom. The van der Waals surface area contributed by atoms with Gasteiger partial charge in [0.25, 0.3) is 11.5 Å². The van der Waals surface area contributed by atoms with E-state index in [1.165, 1.54) is 17.0 Å². The molecule has 0 radical (unpaired) electrons. The van der Waals surface area contributed by atoms with E-state index >= 15 is 0 Å². The molecule has 9 heteroatoms. The molecule has 4 rings (SSSR count). The van der Waals surface area contributed by atoms with Gasteiger partial charge in [-0.05, 0) is 25.0 Å². The van der Waals surface area contributed by atoms with Crippen molar-refractivity contribution in [3.05, 3.63) is 45.7 Å². The van der Waals surface area contributed by atoms with Gasteiger partial charge in [-0.1, -0.05) is 11.6 Å². The van der Waals surface area contributed by atoms with Crippen LogP contribution in [-0.2, 0) is 6.54 Å². The SMILES string of the molecule is O=C1NCC2CCC(Cn3c1c(Cl)cc(Nc1ccncn1)c3=O)N2. The molecule has 2 bridgehead atoms. The summed E-state index contributed by atoms with van der Waals surface area (Å²) in [5.74, 6) is 0.153. The third-order valence-electron chi connectivity index (χ3n) is 4.55. The fraction of sp³-hybridized carbons (Fsp3) is 0.375. The minimum atomic E-state index is -0.329. The molecule has 2 aromatic rings. The molecule has 0 aromatic carbocycles. The van der Waals surface area contributed by atoms with E-state index in [9.17, 15) is 9.59 Å². The molecule has 1 saturated heterocycles. The number of carbonyl (C=O) groups excluding carboxylic acids is 1. The highest BCUT2D eigenvalue weighted by atomic mass is 35.5. The van der Waals surface area contributed by atoms with Gasteiger partial charge in [-0.2, -0.15) is 0 Å². The zero-order valence-corrected chi connectivity index (χ0v) is 14.1. The lowest BCUT2D eigenvalue weighted by molar-refractivity contribution is 0.0941. The van der Waals surface area contributed by atoms with Crippen LogP contribution < -0.4 is 21.5 Å². The monoisotopic (exact) mass is 360 g/mol. The minimum Gasteiger partial charge on any atom is -0.349 e. The van der Waals surface area contributed by atoms with Gasteiger partial charge >= 0.3 is 0 Å². The Kier molecular flexibility index (Phi) is 4.14. The van der Waals surface area contributed by atoms with Crippen LogP contribution in [0.4, 0.5) is 11.5 Å². The largest absolute Gasteiger partial charge is 0.349 e. The fourth-order valence-electron chi connectivity index (χ4n) is 3.36. The number of amides is 1. The summed E-state index contributed by atoms with van der Waals surface area (Å²) in [5.41, 5.74) is 0.170. The minimum absolute atomic E-state index is 0.138. The normalized spacial score (nSPS) is 22.4. The number of nitrogens with zero attached hydrogens (tertiary/aromatic N) is 3. The quantitative estimate of drug-likeness (QED) is 0.735. The van der Waals surface area contributed by atoms with Gasteiger partial charge in [0, 0.05) is 31.4 Å². The molecular weight excluding hydrogens is 344 g/mol. The van der Waals surface area contributed by atoms with Gasteiger partial charge in [0.15, 0.2) is 0 Å². The molecule has 130 valence electrons. The Morgan fingerprint density at radius 3 is 2.92 bits per heavy atom. The average Bonchev–Trinajstić information content (AvgIpc) is 3.07. The van der Waals surface area contributed by atoms with E-state index in [-0.39, 0.29) is 40.0 Å². The molecule has 0 spiro atoms. The summed E-state index contributed by atoms with van der Waals surface area (Å²) in [6.45, 7) is 0.928. The van der Waals surface area contributed by atoms with E-state index in [1.54, 1.807) is 12.3 Å². The third-order valence-corrected chi connectivity index (χ3v) is 4.84. The van der Waals surface area contributed by atoms with Crippen LogP contribution in [0.15, 0.2) is 29.5 Å². The third kappa shape index (κ3) is 3.10. The van der Waals surface area contributed by atoms with Crippen LogP contribution in [-0.4, -0.2) is 39.1 Å². The van der Waals surface area contributed by atoms with E-state index in [0.29, 0.717) is 18.9 Å². The summed E-state index contributed by atoms with van der Waals surface area (Å²) < 4.78 is 1.45. The van der Waals surface area contributed by atoms with Crippen LogP contribution in [0.1, 0.15) is 23.3 Å². The van der Waals surface area contributed by atoms with Crippen LogP contribution >= 0.6 is 11.6 Å². The van der Waals surface area contributed by atoms with Crippen molar-refractivity contribution in [3.8, 4) is 0 Å². The summed E-state index contributed by atoms with van der Waals surface area (Å²) in [6.07, 6.45) is 4.88. The van der Waals surface area contributed by atoms with Gasteiger partial charge in [-0.15, -0.1) is 0 Å². The van der Waals surface area contributed by atoms with Crippen molar-refractivity contribution in [2.45, 2.75) is 31.5 Å². The smallest absolute Gasteiger partial charge is 0.275 e. The number of carbonyl (C=O) groups is 1. The highest BCUT2D eigenvalue weighted by Crippen LogP contribution is 2.23. The fourth-order valence-corrected chi connectivity index (χ4v) is 3.65. The number of nitrogens with one attached hydrogen (secondary N) is 3. The number of anilines is 2. The standard InChI is InChI=1S/C16H17ClN6O2/c17-11-5-12(22-13-3-4-18-8-20-13)16(25)23-7-10-2-1-9(21-10)6-19-15(24)14(11)23/h3-5,8-10,21H,1-2,6-7H2,(H,19,24)(H,18,20,22). The Hall–Kier alpha value is -2.45. The molecule has 2 atom stereocenters. The van der Waals surface area contributed by atoms with E-state index < -0.39 is 0 Å². The zero-order chi connectivity index (χ0) is 17.4. The number of hydrogen-bond acceptors (Lipinski definition) is 6. The molecule has 2 aliphatic rings.